The molecule has 128 valence electrons. The van der Waals surface area contributed by atoms with Gasteiger partial charge in [0.15, 0.2) is 0 Å². The molecule has 2 fully saturated rings. The van der Waals surface area contributed by atoms with Crippen molar-refractivity contribution in [1.29, 1.82) is 0 Å². The number of ether oxygens (including phenoxy) is 1. The molecule has 2 rings (SSSR count). The van der Waals surface area contributed by atoms with Gasteiger partial charge in [0, 0.05) is 12.5 Å². The first-order valence-corrected chi connectivity index (χ1v) is 9.33. The fraction of sp³-hybridized carbons (Fsp3) is 0.947. The molecule has 1 N–H and O–H groups in total. The van der Waals surface area contributed by atoms with Crippen LogP contribution in [0.25, 0.3) is 0 Å². The molecule has 0 aliphatic heterocycles. The molecule has 22 heavy (non-hydrogen) atoms. The molecule has 1 atom stereocenters. The molecule has 0 saturated heterocycles. The Labute approximate surface area is 135 Å². The molecule has 2 aliphatic rings. The van der Waals surface area contributed by atoms with Crippen LogP contribution in [0, 0.1) is 5.41 Å². The summed E-state index contributed by atoms with van der Waals surface area (Å²) >= 11 is 0. The highest BCUT2D eigenvalue weighted by Gasteiger charge is 2.42. The predicted octanol–water partition coefficient (Wildman–Crippen LogP) is 4.41. The number of unbranched alkanes of at least 4 members (excludes halogenated alkanes) is 4. The quantitative estimate of drug-likeness (QED) is 0.382. The highest BCUT2D eigenvalue weighted by Crippen LogP contribution is 2.47. The van der Waals surface area contributed by atoms with Crippen LogP contribution in [0.5, 0.6) is 0 Å². The Morgan fingerprint density at radius 2 is 1.55 bits per heavy atom. The van der Waals surface area contributed by atoms with Crippen molar-refractivity contribution < 1.29 is 14.6 Å². The number of carbonyl (C=O) groups is 1. The summed E-state index contributed by atoms with van der Waals surface area (Å²) in [5, 5.41) is 10.0. The second kappa shape index (κ2) is 8.44. The molecule has 3 heteroatoms. The highest BCUT2D eigenvalue weighted by atomic mass is 16.5. The van der Waals surface area contributed by atoms with Crippen molar-refractivity contribution in [3.63, 3.8) is 0 Å². The molecular weight excluding hydrogens is 276 g/mol. The van der Waals surface area contributed by atoms with Gasteiger partial charge in [0.05, 0.1) is 11.7 Å². The van der Waals surface area contributed by atoms with Gasteiger partial charge in [0.2, 0.25) is 0 Å². The maximum atomic E-state index is 10.9. The van der Waals surface area contributed by atoms with Crippen molar-refractivity contribution >= 4 is 6.29 Å². The van der Waals surface area contributed by atoms with E-state index >= 15 is 0 Å². The molecule has 0 bridgehead atoms. The summed E-state index contributed by atoms with van der Waals surface area (Å²) in [6.45, 7) is 0. The van der Waals surface area contributed by atoms with Crippen molar-refractivity contribution in [1.82, 2.24) is 0 Å². The lowest BCUT2D eigenvalue weighted by molar-refractivity contribution is -0.112. The molecule has 0 radical (unpaired) electrons. The number of hydrogen-bond donors (Lipinski definition) is 1. The molecule has 0 spiro atoms. The minimum atomic E-state index is -0.127. The predicted molar refractivity (Wildman–Crippen MR) is 88.9 cm³/mol. The summed E-state index contributed by atoms with van der Waals surface area (Å²) in [4.78, 5) is 10.9. The van der Waals surface area contributed by atoms with E-state index in [1.807, 2.05) is 7.11 Å². The van der Waals surface area contributed by atoms with Gasteiger partial charge >= 0.3 is 0 Å². The zero-order chi connectivity index (χ0) is 15.9. The average molecular weight is 310 g/mol. The van der Waals surface area contributed by atoms with Gasteiger partial charge in [-0.2, -0.15) is 0 Å². The van der Waals surface area contributed by atoms with Crippen LogP contribution in [0.4, 0.5) is 0 Å². The first kappa shape index (κ1) is 17.9. The summed E-state index contributed by atoms with van der Waals surface area (Å²) in [7, 11) is 1.83. The molecule has 2 saturated carbocycles. The van der Waals surface area contributed by atoms with Gasteiger partial charge in [-0.05, 0) is 51.4 Å². The van der Waals surface area contributed by atoms with Crippen LogP contribution in [-0.2, 0) is 9.53 Å². The molecule has 2 aliphatic carbocycles. The van der Waals surface area contributed by atoms with E-state index in [0.717, 1.165) is 64.1 Å². The molecule has 0 heterocycles. The van der Waals surface area contributed by atoms with Gasteiger partial charge in [-0.25, -0.2) is 0 Å². The van der Waals surface area contributed by atoms with Crippen molar-refractivity contribution in [3.8, 4) is 0 Å². The van der Waals surface area contributed by atoms with Crippen LogP contribution in [-0.4, -0.2) is 30.2 Å². The van der Waals surface area contributed by atoms with Crippen molar-refractivity contribution in [2.24, 2.45) is 5.41 Å². The lowest BCUT2D eigenvalue weighted by Crippen LogP contribution is -2.11. The number of aliphatic hydroxyl groups excluding tert-OH is 1. The first-order valence-electron chi connectivity index (χ1n) is 9.33. The fourth-order valence-corrected chi connectivity index (χ4v) is 3.46. The second-order valence-corrected chi connectivity index (χ2v) is 7.72. The summed E-state index contributed by atoms with van der Waals surface area (Å²) in [5.74, 6) is 0. The summed E-state index contributed by atoms with van der Waals surface area (Å²) in [5.41, 5.74) is 0.304. The zero-order valence-corrected chi connectivity index (χ0v) is 14.3. The largest absolute Gasteiger partial charge is 0.393 e. The van der Waals surface area contributed by atoms with E-state index in [4.69, 9.17) is 4.74 Å². The Kier molecular flexibility index (Phi) is 6.88. The number of aldehydes is 1. The summed E-state index contributed by atoms with van der Waals surface area (Å²) in [6, 6.07) is 0. The van der Waals surface area contributed by atoms with Crippen LogP contribution in [0.15, 0.2) is 0 Å². The molecule has 0 amide bonds. The van der Waals surface area contributed by atoms with Crippen LogP contribution in [0.3, 0.4) is 0 Å². The third-order valence-corrected chi connectivity index (χ3v) is 5.76. The number of aliphatic hydroxyl groups is 1. The van der Waals surface area contributed by atoms with Gasteiger partial charge in [-0.3, -0.25) is 0 Å². The zero-order valence-electron chi connectivity index (χ0n) is 14.3. The Morgan fingerprint density at radius 1 is 0.955 bits per heavy atom. The Hall–Kier alpha value is -0.410. The van der Waals surface area contributed by atoms with Gasteiger partial charge in [-0.1, -0.05) is 38.5 Å². The summed E-state index contributed by atoms with van der Waals surface area (Å²) < 4.78 is 5.52. The Morgan fingerprint density at radius 3 is 2.00 bits per heavy atom. The molecular formula is C19H34O3. The summed E-state index contributed by atoms with van der Waals surface area (Å²) in [6.07, 6.45) is 16.8. The van der Waals surface area contributed by atoms with E-state index in [-0.39, 0.29) is 17.1 Å². The Balaban J connectivity index is 1.36. The van der Waals surface area contributed by atoms with Gasteiger partial charge < -0.3 is 14.6 Å². The topological polar surface area (TPSA) is 46.5 Å². The van der Waals surface area contributed by atoms with E-state index < -0.39 is 0 Å². The average Bonchev–Trinajstić information content (AvgIpc) is 3.43. The lowest BCUT2D eigenvalue weighted by Gasteiger charge is -2.13. The molecule has 0 aromatic heterocycles. The highest BCUT2D eigenvalue weighted by molar-refractivity contribution is 5.63. The third kappa shape index (κ3) is 6.00. The van der Waals surface area contributed by atoms with E-state index in [9.17, 15) is 9.90 Å². The minimum absolute atomic E-state index is 0.0692. The minimum Gasteiger partial charge on any atom is -0.393 e. The number of methoxy groups -OCH3 is 1. The maximum Gasteiger partial charge on any atom is 0.126 e. The van der Waals surface area contributed by atoms with Gasteiger partial charge in [-0.15, -0.1) is 0 Å². The molecule has 0 aromatic rings. The molecule has 1 unspecified atom stereocenters. The van der Waals surface area contributed by atoms with E-state index in [0.29, 0.717) is 0 Å². The van der Waals surface area contributed by atoms with Gasteiger partial charge in [0.25, 0.3) is 0 Å². The van der Waals surface area contributed by atoms with Crippen molar-refractivity contribution in [2.45, 2.75) is 102 Å². The monoisotopic (exact) mass is 310 g/mol. The van der Waals surface area contributed by atoms with Crippen molar-refractivity contribution in [2.75, 3.05) is 7.11 Å². The van der Waals surface area contributed by atoms with Crippen LogP contribution in [0.1, 0.15) is 89.9 Å². The van der Waals surface area contributed by atoms with E-state index in [1.54, 1.807) is 0 Å². The Bertz CT molecular complexity index is 332. The van der Waals surface area contributed by atoms with E-state index in [2.05, 4.69) is 0 Å². The van der Waals surface area contributed by atoms with Crippen LogP contribution >= 0.6 is 0 Å². The molecule has 0 aromatic carbocycles. The lowest BCUT2D eigenvalue weighted by atomic mass is 9.98. The first-order chi connectivity index (χ1) is 10.6. The van der Waals surface area contributed by atoms with Crippen LogP contribution < -0.4 is 0 Å². The normalized spacial score (nSPS) is 22.3. The van der Waals surface area contributed by atoms with Gasteiger partial charge in [0.1, 0.15) is 6.29 Å². The third-order valence-electron chi connectivity index (χ3n) is 5.76. The number of hydrogen-bond acceptors (Lipinski definition) is 3. The number of rotatable bonds is 14. The smallest absolute Gasteiger partial charge is 0.126 e. The van der Waals surface area contributed by atoms with Crippen molar-refractivity contribution in [3.05, 3.63) is 0 Å². The fourth-order valence-electron chi connectivity index (χ4n) is 3.46. The SMILES string of the molecule is COC1(CCCCCC(O)CCCCCC2(C=O)CC2)CC1. The van der Waals surface area contributed by atoms with Crippen LogP contribution in [0.2, 0.25) is 0 Å². The van der Waals surface area contributed by atoms with E-state index in [1.165, 1.54) is 32.1 Å². The number of carbonyl (C=O) groups excluding carboxylic acids is 1. The molecule has 3 nitrogen and oxygen atoms in total. The standard InChI is InChI=1S/C19H34O3/c1-22-19(14-15-19)11-7-3-5-9-17(21)8-4-2-6-10-18(16-20)12-13-18/h16-17,21H,2-15H2,1H3. The maximum absolute atomic E-state index is 10.9. The second-order valence-electron chi connectivity index (χ2n) is 7.72.